The van der Waals surface area contributed by atoms with E-state index in [9.17, 15) is 24.3 Å². The predicted molar refractivity (Wildman–Crippen MR) is 113 cm³/mol. The van der Waals surface area contributed by atoms with Crippen LogP contribution in [0.5, 0.6) is 0 Å². The zero-order chi connectivity index (χ0) is 22.4. The number of nitrogens with one attached hydrogen (secondary N) is 2. The predicted octanol–water partition coefficient (Wildman–Crippen LogP) is -0.581. The Labute approximate surface area is 182 Å². The number of carbonyl (C=O) groups is 4. The maximum Gasteiger partial charge on any atom is 0.326 e. The third kappa shape index (κ3) is 5.54. The van der Waals surface area contributed by atoms with Crippen molar-refractivity contribution in [3.8, 4) is 0 Å². The first-order chi connectivity index (χ1) is 14.9. The Morgan fingerprint density at radius 1 is 1.00 bits per heavy atom. The van der Waals surface area contributed by atoms with E-state index in [0.717, 1.165) is 25.8 Å². The second-order valence-corrected chi connectivity index (χ2v) is 8.71. The summed E-state index contributed by atoms with van der Waals surface area (Å²) in [5.74, 6) is -1.74. The molecule has 3 saturated heterocycles. The number of hydrogen-bond donors (Lipinski definition) is 4. The fourth-order valence-corrected chi connectivity index (χ4v) is 4.90. The molecular formula is C21H35N5O5. The minimum atomic E-state index is -1.00. The highest BCUT2D eigenvalue weighted by Crippen LogP contribution is 2.26. The van der Waals surface area contributed by atoms with Gasteiger partial charge in [-0.25, -0.2) is 4.79 Å². The summed E-state index contributed by atoms with van der Waals surface area (Å²) in [5.41, 5.74) is 5.59. The Hall–Kier alpha value is -2.20. The third-order valence-corrected chi connectivity index (χ3v) is 6.58. The average Bonchev–Trinajstić information content (AvgIpc) is 3.52. The number of aliphatic carboxylic acids is 1. The first kappa shape index (κ1) is 23.5. The molecule has 3 amide bonds. The van der Waals surface area contributed by atoms with Gasteiger partial charge in [0.1, 0.15) is 18.1 Å². The summed E-state index contributed by atoms with van der Waals surface area (Å²) >= 11 is 0. The van der Waals surface area contributed by atoms with Crippen molar-refractivity contribution in [2.24, 2.45) is 5.73 Å². The Morgan fingerprint density at radius 3 is 2.35 bits per heavy atom. The molecule has 3 rings (SSSR count). The Kier molecular flexibility index (Phi) is 8.25. The molecule has 0 aromatic carbocycles. The molecule has 3 aliphatic heterocycles. The average molecular weight is 438 g/mol. The van der Waals surface area contributed by atoms with Crippen LogP contribution >= 0.6 is 0 Å². The van der Waals surface area contributed by atoms with Gasteiger partial charge in [0, 0.05) is 13.1 Å². The molecule has 0 saturated carbocycles. The quantitative estimate of drug-likeness (QED) is 0.353. The number of likely N-dealkylation sites (tertiary alicyclic amines) is 2. The van der Waals surface area contributed by atoms with E-state index in [0.29, 0.717) is 58.2 Å². The second kappa shape index (κ2) is 10.9. The summed E-state index contributed by atoms with van der Waals surface area (Å²) in [6, 6.07) is -2.48. The van der Waals surface area contributed by atoms with Crippen molar-refractivity contribution >= 4 is 23.7 Å². The lowest BCUT2D eigenvalue weighted by atomic mass is 10.1. The first-order valence-corrected chi connectivity index (χ1v) is 11.5. The lowest BCUT2D eigenvalue weighted by Gasteiger charge is -2.32. The number of carboxylic acid groups (broad SMARTS) is 1. The minimum Gasteiger partial charge on any atom is -0.480 e. The fraction of sp³-hybridized carbons (Fsp3) is 0.810. The number of nitrogens with two attached hydrogens (primary N) is 1. The summed E-state index contributed by atoms with van der Waals surface area (Å²) < 4.78 is 0. The molecule has 0 radical (unpaired) electrons. The van der Waals surface area contributed by atoms with E-state index in [2.05, 4.69) is 10.6 Å². The number of hydrogen-bond acceptors (Lipinski definition) is 6. The van der Waals surface area contributed by atoms with Crippen LogP contribution in [-0.4, -0.2) is 88.9 Å². The van der Waals surface area contributed by atoms with Crippen molar-refractivity contribution in [1.82, 2.24) is 20.4 Å². The molecule has 3 aliphatic rings. The molecule has 0 aromatic rings. The third-order valence-electron chi connectivity index (χ3n) is 6.58. The molecule has 0 spiro atoms. The minimum absolute atomic E-state index is 0.184. The number of rotatable bonds is 9. The molecule has 0 bridgehead atoms. The highest BCUT2D eigenvalue weighted by molar-refractivity contribution is 5.94. The molecule has 3 fully saturated rings. The molecule has 4 atom stereocenters. The molecule has 10 nitrogen and oxygen atoms in total. The first-order valence-electron chi connectivity index (χ1n) is 11.5. The number of amides is 3. The molecule has 31 heavy (non-hydrogen) atoms. The Balaban J connectivity index is 1.69. The van der Waals surface area contributed by atoms with E-state index < -0.39 is 24.1 Å². The van der Waals surface area contributed by atoms with Gasteiger partial charge in [-0.15, -0.1) is 0 Å². The molecule has 5 N–H and O–H groups in total. The van der Waals surface area contributed by atoms with Crippen LogP contribution in [0.2, 0.25) is 0 Å². The lowest BCUT2D eigenvalue weighted by molar-refractivity contribution is -0.152. The van der Waals surface area contributed by atoms with Gasteiger partial charge in [-0.05, 0) is 70.9 Å². The Bertz CT molecular complexity index is 681. The van der Waals surface area contributed by atoms with Crippen LogP contribution in [0, 0.1) is 0 Å². The van der Waals surface area contributed by atoms with Crippen molar-refractivity contribution in [3.63, 3.8) is 0 Å². The standard InChI is InChI=1S/C21H35N5O5/c22-10-2-1-6-15(24-18(27)14-7-3-11-23-14)19(28)25-12-4-8-16(25)20(29)26-13-5-9-17(26)21(30)31/h14-17,23H,1-13,22H2,(H,24,27)(H,30,31). The van der Waals surface area contributed by atoms with E-state index >= 15 is 0 Å². The summed E-state index contributed by atoms with van der Waals surface area (Å²) in [7, 11) is 0. The smallest absolute Gasteiger partial charge is 0.326 e. The molecule has 10 heteroatoms. The maximum absolute atomic E-state index is 13.4. The van der Waals surface area contributed by atoms with Crippen LogP contribution in [0.15, 0.2) is 0 Å². The molecule has 3 heterocycles. The summed E-state index contributed by atoms with van der Waals surface area (Å²) in [5, 5.41) is 15.5. The van der Waals surface area contributed by atoms with Crippen LogP contribution in [0.3, 0.4) is 0 Å². The SMILES string of the molecule is NCCCCC(NC(=O)C1CCCN1)C(=O)N1CCCC1C(=O)N1CCCC1C(=O)O. The molecular weight excluding hydrogens is 402 g/mol. The van der Waals surface area contributed by atoms with Crippen LogP contribution in [0.1, 0.15) is 57.8 Å². The topological polar surface area (TPSA) is 145 Å². The highest BCUT2D eigenvalue weighted by atomic mass is 16.4. The molecule has 0 aliphatic carbocycles. The van der Waals surface area contributed by atoms with Gasteiger partial charge in [0.25, 0.3) is 0 Å². The number of carbonyl (C=O) groups excluding carboxylic acids is 3. The van der Waals surface area contributed by atoms with Crippen LogP contribution in [0.4, 0.5) is 0 Å². The number of unbranched alkanes of at least 4 members (excludes halogenated alkanes) is 1. The van der Waals surface area contributed by atoms with Crippen LogP contribution in [-0.2, 0) is 19.2 Å². The van der Waals surface area contributed by atoms with Gasteiger partial charge in [-0.2, -0.15) is 0 Å². The fourth-order valence-electron chi connectivity index (χ4n) is 4.90. The number of carboxylic acids is 1. The van der Waals surface area contributed by atoms with E-state index in [1.54, 1.807) is 4.90 Å². The van der Waals surface area contributed by atoms with E-state index in [1.807, 2.05) is 0 Å². The van der Waals surface area contributed by atoms with Gasteiger partial charge in [-0.3, -0.25) is 14.4 Å². The molecule has 4 unspecified atom stereocenters. The zero-order valence-electron chi connectivity index (χ0n) is 18.1. The van der Waals surface area contributed by atoms with Gasteiger partial charge in [0.2, 0.25) is 17.7 Å². The Morgan fingerprint density at radius 2 is 1.71 bits per heavy atom. The van der Waals surface area contributed by atoms with Crippen molar-refractivity contribution in [3.05, 3.63) is 0 Å². The number of nitrogens with zero attached hydrogens (tertiary/aromatic N) is 2. The summed E-state index contributed by atoms with van der Waals surface area (Å²) in [6.45, 7) is 2.13. The van der Waals surface area contributed by atoms with Gasteiger partial charge in [-0.1, -0.05) is 0 Å². The van der Waals surface area contributed by atoms with Crippen LogP contribution in [0.25, 0.3) is 0 Å². The van der Waals surface area contributed by atoms with E-state index in [4.69, 9.17) is 5.73 Å². The van der Waals surface area contributed by atoms with Gasteiger partial charge < -0.3 is 31.3 Å². The summed E-state index contributed by atoms with van der Waals surface area (Å²) in [6.07, 6.45) is 5.86. The van der Waals surface area contributed by atoms with E-state index in [-0.39, 0.29) is 23.8 Å². The highest BCUT2D eigenvalue weighted by Gasteiger charge is 2.43. The maximum atomic E-state index is 13.4. The van der Waals surface area contributed by atoms with Crippen LogP contribution < -0.4 is 16.4 Å². The summed E-state index contributed by atoms with van der Waals surface area (Å²) in [4.78, 5) is 53.7. The second-order valence-electron chi connectivity index (χ2n) is 8.71. The monoisotopic (exact) mass is 437 g/mol. The van der Waals surface area contributed by atoms with E-state index in [1.165, 1.54) is 4.90 Å². The van der Waals surface area contributed by atoms with Crippen molar-refractivity contribution in [2.45, 2.75) is 82.0 Å². The van der Waals surface area contributed by atoms with Gasteiger partial charge >= 0.3 is 5.97 Å². The van der Waals surface area contributed by atoms with Gasteiger partial charge in [0.15, 0.2) is 0 Å². The largest absolute Gasteiger partial charge is 0.480 e. The van der Waals surface area contributed by atoms with Crippen molar-refractivity contribution in [1.29, 1.82) is 0 Å². The molecule has 174 valence electrons. The van der Waals surface area contributed by atoms with Crippen molar-refractivity contribution < 1.29 is 24.3 Å². The normalized spacial score (nSPS) is 26.8. The zero-order valence-corrected chi connectivity index (χ0v) is 18.1. The molecule has 0 aromatic heterocycles. The lowest BCUT2D eigenvalue weighted by Crippen LogP contribution is -2.56. The van der Waals surface area contributed by atoms with Gasteiger partial charge in [0.05, 0.1) is 6.04 Å². The van der Waals surface area contributed by atoms with Crippen molar-refractivity contribution in [2.75, 3.05) is 26.2 Å².